The monoisotopic (exact) mass is 410 g/mol. The molecule has 2 aromatic carbocycles. The minimum absolute atomic E-state index is 0.0384. The third-order valence-electron chi connectivity index (χ3n) is 5.37. The molecule has 0 aliphatic carbocycles. The van der Waals surface area contributed by atoms with Gasteiger partial charge in [-0.1, -0.05) is 24.3 Å². The Kier molecular flexibility index (Phi) is 7.46. The molecule has 2 amide bonds. The van der Waals surface area contributed by atoms with Crippen molar-refractivity contribution in [3.8, 4) is 5.75 Å². The average Bonchev–Trinajstić information content (AvgIpc) is 3.22. The van der Waals surface area contributed by atoms with Crippen molar-refractivity contribution in [3.05, 3.63) is 59.2 Å². The summed E-state index contributed by atoms with van der Waals surface area (Å²) in [6.07, 6.45) is 1.82. The Labute approximate surface area is 178 Å². The molecule has 1 N–H and O–H groups in total. The standard InChI is InChI=1S/C24H30N2O4/c1-17-7-4-9-20(13-17)30-16-24(28)26(14-21-10-6-12-29-21)15-23(27)25-22-11-5-8-18(2)19(22)3/h4-5,7-9,11,13,21H,6,10,12,14-16H2,1-3H3,(H,25,27)/t21-/m1/s1. The van der Waals surface area contributed by atoms with Gasteiger partial charge in [-0.3, -0.25) is 9.59 Å². The van der Waals surface area contributed by atoms with Crippen molar-refractivity contribution in [2.24, 2.45) is 0 Å². The van der Waals surface area contributed by atoms with Gasteiger partial charge in [-0.15, -0.1) is 0 Å². The number of aryl methyl sites for hydroxylation is 2. The molecule has 1 aliphatic heterocycles. The zero-order valence-electron chi connectivity index (χ0n) is 17.9. The minimum atomic E-state index is -0.233. The van der Waals surface area contributed by atoms with E-state index in [-0.39, 0.29) is 31.1 Å². The summed E-state index contributed by atoms with van der Waals surface area (Å²) in [7, 11) is 0. The SMILES string of the molecule is Cc1cccc(OCC(=O)N(CC(=O)Nc2cccc(C)c2C)C[C@H]2CCCO2)c1. The molecule has 2 aromatic rings. The fourth-order valence-corrected chi connectivity index (χ4v) is 3.48. The van der Waals surface area contributed by atoms with Crippen LogP contribution in [0.25, 0.3) is 0 Å². The number of amides is 2. The van der Waals surface area contributed by atoms with Crippen molar-refractivity contribution < 1.29 is 19.1 Å². The van der Waals surface area contributed by atoms with Gasteiger partial charge in [0.15, 0.2) is 6.61 Å². The first kappa shape index (κ1) is 21.8. The first-order valence-electron chi connectivity index (χ1n) is 10.4. The van der Waals surface area contributed by atoms with Gasteiger partial charge in [-0.2, -0.15) is 0 Å². The molecule has 160 valence electrons. The first-order chi connectivity index (χ1) is 14.4. The maximum atomic E-state index is 12.9. The van der Waals surface area contributed by atoms with Crippen LogP contribution in [0.15, 0.2) is 42.5 Å². The van der Waals surface area contributed by atoms with E-state index in [1.807, 2.05) is 63.2 Å². The van der Waals surface area contributed by atoms with E-state index in [1.54, 1.807) is 0 Å². The smallest absolute Gasteiger partial charge is 0.261 e. The third kappa shape index (κ3) is 6.07. The van der Waals surface area contributed by atoms with Gasteiger partial charge in [-0.25, -0.2) is 0 Å². The Morgan fingerprint density at radius 2 is 1.97 bits per heavy atom. The summed E-state index contributed by atoms with van der Waals surface area (Å²) in [5, 5.41) is 2.93. The van der Waals surface area contributed by atoms with E-state index in [4.69, 9.17) is 9.47 Å². The minimum Gasteiger partial charge on any atom is -0.484 e. The molecule has 0 aromatic heterocycles. The highest BCUT2D eigenvalue weighted by atomic mass is 16.5. The molecule has 3 rings (SSSR count). The average molecular weight is 411 g/mol. The second-order valence-electron chi connectivity index (χ2n) is 7.81. The zero-order valence-corrected chi connectivity index (χ0v) is 17.9. The number of anilines is 1. The van der Waals surface area contributed by atoms with Crippen molar-refractivity contribution in [1.82, 2.24) is 4.90 Å². The van der Waals surface area contributed by atoms with Gasteiger partial charge in [0.1, 0.15) is 12.3 Å². The molecule has 1 atom stereocenters. The lowest BCUT2D eigenvalue weighted by atomic mass is 10.1. The summed E-state index contributed by atoms with van der Waals surface area (Å²) >= 11 is 0. The van der Waals surface area contributed by atoms with Crippen molar-refractivity contribution >= 4 is 17.5 Å². The molecule has 0 saturated carbocycles. The largest absolute Gasteiger partial charge is 0.484 e. The number of carbonyl (C=O) groups is 2. The number of benzene rings is 2. The summed E-state index contributed by atoms with van der Waals surface area (Å²) < 4.78 is 11.3. The summed E-state index contributed by atoms with van der Waals surface area (Å²) in [6.45, 7) is 6.86. The summed E-state index contributed by atoms with van der Waals surface area (Å²) in [5.41, 5.74) is 3.95. The van der Waals surface area contributed by atoms with E-state index in [1.165, 1.54) is 4.90 Å². The molecule has 6 heteroatoms. The molecule has 6 nitrogen and oxygen atoms in total. The van der Waals surface area contributed by atoms with Gasteiger partial charge in [0.25, 0.3) is 5.91 Å². The molecule has 0 unspecified atom stereocenters. The molecule has 30 heavy (non-hydrogen) atoms. The number of hydrogen-bond acceptors (Lipinski definition) is 4. The Morgan fingerprint density at radius 1 is 1.17 bits per heavy atom. The second kappa shape index (κ2) is 10.3. The predicted molar refractivity (Wildman–Crippen MR) is 117 cm³/mol. The zero-order chi connectivity index (χ0) is 21.5. The Hall–Kier alpha value is -2.86. The number of ether oxygens (including phenoxy) is 2. The number of rotatable bonds is 8. The maximum Gasteiger partial charge on any atom is 0.261 e. The topological polar surface area (TPSA) is 67.9 Å². The number of hydrogen-bond donors (Lipinski definition) is 1. The van der Waals surface area contributed by atoms with Crippen molar-refractivity contribution in [3.63, 3.8) is 0 Å². The summed E-state index contributed by atoms with van der Waals surface area (Å²) in [5.74, 6) is 0.175. The van der Waals surface area contributed by atoms with E-state index in [0.29, 0.717) is 18.9 Å². The van der Waals surface area contributed by atoms with Crippen LogP contribution < -0.4 is 10.1 Å². The fraction of sp³-hybridized carbons (Fsp3) is 0.417. The first-order valence-corrected chi connectivity index (χ1v) is 10.4. The molecule has 1 saturated heterocycles. The van der Waals surface area contributed by atoms with E-state index in [2.05, 4.69) is 5.32 Å². The van der Waals surface area contributed by atoms with Crippen LogP contribution in [-0.2, 0) is 14.3 Å². The van der Waals surface area contributed by atoms with Crippen molar-refractivity contribution in [1.29, 1.82) is 0 Å². The lowest BCUT2D eigenvalue weighted by molar-refractivity contribution is -0.138. The Morgan fingerprint density at radius 3 is 2.70 bits per heavy atom. The van der Waals surface area contributed by atoms with Crippen LogP contribution in [-0.4, -0.2) is 49.1 Å². The van der Waals surface area contributed by atoms with Crippen LogP contribution in [0.4, 0.5) is 5.69 Å². The van der Waals surface area contributed by atoms with Crippen LogP contribution in [0.1, 0.15) is 29.5 Å². The molecule has 0 spiro atoms. The molecular formula is C24H30N2O4. The van der Waals surface area contributed by atoms with Crippen LogP contribution in [0.3, 0.4) is 0 Å². The molecular weight excluding hydrogens is 380 g/mol. The van der Waals surface area contributed by atoms with E-state index in [9.17, 15) is 9.59 Å². The van der Waals surface area contributed by atoms with Crippen molar-refractivity contribution in [2.45, 2.75) is 39.7 Å². The van der Waals surface area contributed by atoms with Gasteiger partial charge in [0.2, 0.25) is 5.91 Å². The lowest BCUT2D eigenvalue weighted by Crippen LogP contribution is -2.44. The highest BCUT2D eigenvalue weighted by Gasteiger charge is 2.25. The highest BCUT2D eigenvalue weighted by molar-refractivity contribution is 5.95. The molecule has 0 radical (unpaired) electrons. The lowest BCUT2D eigenvalue weighted by Gasteiger charge is -2.25. The molecule has 1 fully saturated rings. The van der Waals surface area contributed by atoms with E-state index >= 15 is 0 Å². The fourth-order valence-electron chi connectivity index (χ4n) is 3.48. The maximum absolute atomic E-state index is 12.9. The second-order valence-corrected chi connectivity index (χ2v) is 7.81. The molecule has 1 aliphatic rings. The Bertz CT molecular complexity index is 891. The van der Waals surface area contributed by atoms with Gasteiger partial charge in [0, 0.05) is 18.8 Å². The van der Waals surface area contributed by atoms with Crippen LogP contribution in [0, 0.1) is 20.8 Å². The predicted octanol–water partition coefficient (Wildman–Crippen LogP) is 3.64. The van der Waals surface area contributed by atoms with Crippen LogP contribution >= 0.6 is 0 Å². The quantitative estimate of drug-likeness (QED) is 0.722. The van der Waals surface area contributed by atoms with Gasteiger partial charge >= 0.3 is 0 Å². The highest BCUT2D eigenvalue weighted by Crippen LogP contribution is 2.19. The van der Waals surface area contributed by atoms with E-state index in [0.717, 1.165) is 35.2 Å². The van der Waals surface area contributed by atoms with Crippen LogP contribution in [0.2, 0.25) is 0 Å². The van der Waals surface area contributed by atoms with Gasteiger partial charge < -0.3 is 19.7 Å². The summed E-state index contributed by atoms with van der Waals surface area (Å²) in [6, 6.07) is 13.3. The summed E-state index contributed by atoms with van der Waals surface area (Å²) in [4.78, 5) is 27.1. The van der Waals surface area contributed by atoms with Gasteiger partial charge in [-0.05, 0) is 68.5 Å². The normalized spacial score (nSPS) is 15.6. The van der Waals surface area contributed by atoms with Crippen LogP contribution in [0.5, 0.6) is 5.75 Å². The molecule has 0 bridgehead atoms. The third-order valence-corrected chi connectivity index (χ3v) is 5.37. The Balaban J connectivity index is 1.64. The van der Waals surface area contributed by atoms with E-state index < -0.39 is 0 Å². The number of nitrogens with zero attached hydrogens (tertiary/aromatic N) is 1. The number of carbonyl (C=O) groups excluding carboxylic acids is 2. The number of nitrogens with one attached hydrogen (secondary N) is 1. The molecule has 1 heterocycles. The van der Waals surface area contributed by atoms with Gasteiger partial charge in [0.05, 0.1) is 6.10 Å². The van der Waals surface area contributed by atoms with Crippen molar-refractivity contribution in [2.75, 3.05) is 31.6 Å².